The molecule has 1 N–H and O–H groups in total. The van der Waals surface area contributed by atoms with Gasteiger partial charge in [-0.05, 0) is 68.3 Å². The summed E-state index contributed by atoms with van der Waals surface area (Å²) in [7, 11) is -3.40. The lowest BCUT2D eigenvalue weighted by Crippen LogP contribution is -2.43. The number of piperidine rings is 1. The molecule has 0 amide bonds. The predicted molar refractivity (Wildman–Crippen MR) is 107 cm³/mol. The van der Waals surface area contributed by atoms with Gasteiger partial charge in [0.25, 0.3) is 0 Å². The number of nitrogens with one attached hydrogen (secondary N) is 1. The monoisotopic (exact) mass is 402 g/mol. The molecule has 1 unspecified atom stereocenters. The second-order valence-corrected chi connectivity index (χ2v) is 9.56. The molecule has 3 rings (SSSR count). The molecule has 2 aliphatic heterocycles. The Morgan fingerprint density at radius 2 is 1.81 bits per heavy atom. The van der Waals surface area contributed by atoms with Crippen LogP contribution in [0.25, 0.3) is 0 Å². The molecule has 0 bridgehead atoms. The summed E-state index contributed by atoms with van der Waals surface area (Å²) in [5.74, 6) is 1.78. The second-order valence-electron chi connectivity index (χ2n) is 7.62. The number of hydrogen-bond acceptors (Lipinski definition) is 4. The molecular weight excluding hydrogens is 372 g/mol. The average molecular weight is 403 g/mol. The van der Waals surface area contributed by atoms with Gasteiger partial charge >= 0.3 is 0 Å². The van der Waals surface area contributed by atoms with E-state index in [0.29, 0.717) is 42.5 Å². The first-order valence-electron chi connectivity index (χ1n) is 9.43. The smallest absolute Gasteiger partial charge is 0.243 e. The third kappa shape index (κ3) is 5.12. The van der Waals surface area contributed by atoms with Crippen LogP contribution >= 0.6 is 12.4 Å². The second kappa shape index (κ2) is 9.40. The van der Waals surface area contributed by atoms with Gasteiger partial charge in [-0.15, -0.1) is 12.4 Å². The molecular formula is C19H31ClN2O3S. The van der Waals surface area contributed by atoms with Crippen molar-refractivity contribution in [2.45, 2.75) is 50.5 Å². The molecule has 0 aromatic heterocycles. The molecule has 5 nitrogen and oxygen atoms in total. The van der Waals surface area contributed by atoms with Gasteiger partial charge in [-0.25, -0.2) is 8.42 Å². The maximum absolute atomic E-state index is 12.9. The van der Waals surface area contributed by atoms with E-state index in [-0.39, 0.29) is 12.4 Å². The van der Waals surface area contributed by atoms with Crippen LogP contribution in [0.5, 0.6) is 5.75 Å². The Bertz CT molecular complexity index is 650. The first-order chi connectivity index (χ1) is 12.0. The number of benzene rings is 1. The number of ether oxygens (including phenoxy) is 1. The van der Waals surface area contributed by atoms with Crippen molar-refractivity contribution in [3.63, 3.8) is 0 Å². The van der Waals surface area contributed by atoms with Crippen LogP contribution in [0.1, 0.15) is 39.5 Å². The van der Waals surface area contributed by atoms with Gasteiger partial charge in [0.05, 0.1) is 11.5 Å². The molecule has 0 aliphatic carbocycles. The van der Waals surface area contributed by atoms with Crippen molar-refractivity contribution >= 4 is 22.4 Å². The summed E-state index contributed by atoms with van der Waals surface area (Å²) < 4.78 is 33.0. The topological polar surface area (TPSA) is 58.6 Å². The fourth-order valence-electron chi connectivity index (χ4n) is 3.75. The SMILES string of the molecule is CC(C)COc1ccc(S(=O)(=O)N2CCC(C3CCCN3)CC2)cc1.Cl. The van der Waals surface area contributed by atoms with E-state index in [4.69, 9.17) is 4.74 Å². The Morgan fingerprint density at radius 1 is 1.15 bits per heavy atom. The standard InChI is InChI=1S/C19H30N2O3S.ClH/c1-15(2)14-24-17-5-7-18(8-6-17)25(22,23)21-12-9-16(10-13-21)19-4-3-11-20-19;/h5-8,15-16,19-20H,3-4,9-14H2,1-2H3;1H. The van der Waals surface area contributed by atoms with Crippen molar-refractivity contribution in [1.82, 2.24) is 9.62 Å². The van der Waals surface area contributed by atoms with Crippen LogP contribution in [0.2, 0.25) is 0 Å². The minimum Gasteiger partial charge on any atom is -0.493 e. The zero-order valence-corrected chi connectivity index (χ0v) is 17.3. The zero-order valence-electron chi connectivity index (χ0n) is 15.7. The van der Waals surface area contributed by atoms with Crippen molar-refractivity contribution in [2.24, 2.45) is 11.8 Å². The Labute approximate surface area is 164 Å². The van der Waals surface area contributed by atoms with E-state index in [2.05, 4.69) is 19.2 Å². The Hall–Kier alpha value is -0.820. The van der Waals surface area contributed by atoms with Crippen molar-refractivity contribution in [3.8, 4) is 5.75 Å². The summed E-state index contributed by atoms with van der Waals surface area (Å²) >= 11 is 0. The number of halogens is 1. The average Bonchev–Trinajstić information content (AvgIpc) is 3.15. The minimum absolute atomic E-state index is 0. The van der Waals surface area contributed by atoms with Crippen LogP contribution in [0.4, 0.5) is 0 Å². The molecule has 2 aliphatic rings. The molecule has 0 spiro atoms. The number of sulfonamides is 1. The lowest BCUT2D eigenvalue weighted by molar-refractivity contribution is 0.234. The van der Waals surface area contributed by atoms with E-state index >= 15 is 0 Å². The quantitative estimate of drug-likeness (QED) is 0.793. The summed E-state index contributed by atoms with van der Waals surface area (Å²) in [4.78, 5) is 0.363. The molecule has 0 radical (unpaired) electrons. The summed E-state index contributed by atoms with van der Waals surface area (Å²) in [6.45, 7) is 7.16. The van der Waals surface area contributed by atoms with Crippen molar-refractivity contribution in [1.29, 1.82) is 0 Å². The van der Waals surface area contributed by atoms with Crippen LogP contribution in [-0.4, -0.2) is 45.0 Å². The van der Waals surface area contributed by atoms with Gasteiger partial charge in [-0.1, -0.05) is 13.8 Å². The van der Waals surface area contributed by atoms with E-state index in [0.717, 1.165) is 25.1 Å². The van der Waals surface area contributed by atoms with Gasteiger partial charge in [0, 0.05) is 19.1 Å². The maximum atomic E-state index is 12.9. The molecule has 2 saturated heterocycles. The molecule has 148 valence electrons. The van der Waals surface area contributed by atoms with Crippen LogP contribution in [0, 0.1) is 11.8 Å². The van der Waals surface area contributed by atoms with E-state index in [1.807, 2.05) is 0 Å². The van der Waals surface area contributed by atoms with E-state index in [1.165, 1.54) is 12.8 Å². The fourth-order valence-corrected chi connectivity index (χ4v) is 5.22. The van der Waals surface area contributed by atoms with Gasteiger partial charge in [0.2, 0.25) is 10.0 Å². The number of rotatable bonds is 6. The third-order valence-corrected chi connectivity index (χ3v) is 7.12. The summed E-state index contributed by atoms with van der Waals surface area (Å²) in [5.41, 5.74) is 0. The van der Waals surface area contributed by atoms with Gasteiger partial charge in [0.15, 0.2) is 0 Å². The van der Waals surface area contributed by atoms with E-state index in [1.54, 1.807) is 28.6 Å². The maximum Gasteiger partial charge on any atom is 0.243 e. The number of nitrogens with zero attached hydrogens (tertiary/aromatic N) is 1. The van der Waals surface area contributed by atoms with Crippen LogP contribution in [-0.2, 0) is 10.0 Å². The normalized spacial score (nSPS) is 22.3. The van der Waals surface area contributed by atoms with Gasteiger partial charge in [-0.3, -0.25) is 0 Å². The summed E-state index contributed by atoms with van der Waals surface area (Å²) in [6, 6.07) is 7.42. The van der Waals surface area contributed by atoms with E-state index in [9.17, 15) is 8.42 Å². The molecule has 0 saturated carbocycles. The van der Waals surface area contributed by atoms with Gasteiger partial charge in [-0.2, -0.15) is 4.31 Å². The Kier molecular flexibility index (Phi) is 7.76. The van der Waals surface area contributed by atoms with Crippen molar-refractivity contribution in [3.05, 3.63) is 24.3 Å². The Morgan fingerprint density at radius 3 is 2.35 bits per heavy atom. The first kappa shape index (κ1) is 21.5. The van der Waals surface area contributed by atoms with Crippen molar-refractivity contribution < 1.29 is 13.2 Å². The summed E-state index contributed by atoms with van der Waals surface area (Å²) in [5, 5.41) is 3.56. The molecule has 1 atom stereocenters. The minimum atomic E-state index is -3.40. The summed E-state index contributed by atoms with van der Waals surface area (Å²) in [6.07, 6.45) is 4.38. The largest absolute Gasteiger partial charge is 0.493 e. The highest BCUT2D eigenvalue weighted by Gasteiger charge is 2.33. The van der Waals surface area contributed by atoms with Crippen LogP contribution < -0.4 is 10.1 Å². The van der Waals surface area contributed by atoms with Crippen LogP contribution in [0.15, 0.2) is 29.2 Å². The number of hydrogen-bond donors (Lipinski definition) is 1. The first-order valence-corrected chi connectivity index (χ1v) is 10.9. The molecule has 2 fully saturated rings. The van der Waals surface area contributed by atoms with Crippen LogP contribution in [0.3, 0.4) is 0 Å². The molecule has 1 aromatic rings. The van der Waals surface area contributed by atoms with Crippen molar-refractivity contribution in [2.75, 3.05) is 26.2 Å². The molecule has 26 heavy (non-hydrogen) atoms. The highest BCUT2D eigenvalue weighted by atomic mass is 35.5. The van der Waals surface area contributed by atoms with E-state index < -0.39 is 10.0 Å². The lowest BCUT2D eigenvalue weighted by atomic mass is 9.89. The Balaban J connectivity index is 0.00000243. The third-order valence-electron chi connectivity index (χ3n) is 5.21. The van der Waals surface area contributed by atoms with Gasteiger partial charge in [0.1, 0.15) is 5.75 Å². The molecule has 1 aromatic carbocycles. The predicted octanol–water partition coefficient (Wildman–Crippen LogP) is 3.30. The highest BCUT2D eigenvalue weighted by molar-refractivity contribution is 7.89. The fraction of sp³-hybridized carbons (Fsp3) is 0.684. The zero-order chi connectivity index (χ0) is 17.9. The van der Waals surface area contributed by atoms with Gasteiger partial charge < -0.3 is 10.1 Å². The lowest BCUT2D eigenvalue weighted by Gasteiger charge is -2.34. The highest BCUT2D eigenvalue weighted by Crippen LogP contribution is 2.29. The molecule has 2 heterocycles. The molecule has 7 heteroatoms.